The van der Waals surface area contributed by atoms with E-state index in [2.05, 4.69) is 5.32 Å². The zero-order valence-electron chi connectivity index (χ0n) is 10.9. The molecule has 0 saturated carbocycles. The third-order valence-corrected chi connectivity index (χ3v) is 3.24. The number of carbonyl (C=O) groups is 1. The van der Waals surface area contributed by atoms with Crippen molar-refractivity contribution in [2.75, 3.05) is 32.8 Å². The van der Waals surface area contributed by atoms with Crippen molar-refractivity contribution in [1.29, 1.82) is 0 Å². The first kappa shape index (κ1) is 12.6. The van der Waals surface area contributed by atoms with Gasteiger partial charge in [-0.25, -0.2) is 4.79 Å². The molecule has 2 fully saturated rings. The highest BCUT2D eigenvalue weighted by Crippen LogP contribution is 2.29. The number of nitrogens with one attached hydrogen (secondary N) is 1. The normalized spacial score (nSPS) is 29.7. The summed E-state index contributed by atoms with van der Waals surface area (Å²) in [5.41, 5.74) is -0.636. The van der Waals surface area contributed by atoms with Gasteiger partial charge in [0.25, 0.3) is 0 Å². The van der Waals surface area contributed by atoms with E-state index in [1.807, 2.05) is 25.7 Å². The summed E-state index contributed by atoms with van der Waals surface area (Å²) in [6.07, 6.45) is 0.670. The summed E-state index contributed by atoms with van der Waals surface area (Å²) in [7, 11) is 0. The molecule has 0 aromatic rings. The fraction of sp³-hybridized carbons (Fsp3) is 0.917. The lowest BCUT2D eigenvalue weighted by Gasteiger charge is -2.44. The summed E-state index contributed by atoms with van der Waals surface area (Å²) in [4.78, 5) is 14.0. The van der Waals surface area contributed by atoms with E-state index < -0.39 is 5.60 Å². The molecule has 1 amide bonds. The van der Waals surface area contributed by atoms with Crippen LogP contribution in [-0.4, -0.2) is 55.0 Å². The zero-order valence-corrected chi connectivity index (χ0v) is 10.9. The Morgan fingerprint density at radius 2 is 2.24 bits per heavy atom. The third-order valence-electron chi connectivity index (χ3n) is 3.24. The van der Waals surface area contributed by atoms with Crippen LogP contribution in [0.3, 0.4) is 0 Å². The van der Waals surface area contributed by atoms with Crippen LogP contribution in [-0.2, 0) is 9.47 Å². The smallest absolute Gasteiger partial charge is 0.410 e. The van der Waals surface area contributed by atoms with Crippen molar-refractivity contribution in [1.82, 2.24) is 10.2 Å². The largest absolute Gasteiger partial charge is 0.444 e. The van der Waals surface area contributed by atoms with Crippen LogP contribution < -0.4 is 5.32 Å². The van der Waals surface area contributed by atoms with Crippen LogP contribution in [0.2, 0.25) is 0 Å². The van der Waals surface area contributed by atoms with E-state index in [9.17, 15) is 4.79 Å². The summed E-state index contributed by atoms with van der Waals surface area (Å²) in [6, 6.07) is 0. The van der Waals surface area contributed by atoms with E-state index in [-0.39, 0.29) is 11.6 Å². The molecule has 0 aliphatic carbocycles. The van der Waals surface area contributed by atoms with Crippen LogP contribution in [0, 0.1) is 0 Å². The van der Waals surface area contributed by atoms with E-state index in [0.29, 0.717) is 13.2 Å². The molecule has 1 spiro atoms. The van der Waals surface area contributed by atoms with Crippen LogP contribution in [0.1, 0.15) is 27.2 Å². The molecule has 17 heavy (non-hydrogen) atoms. The Hall–Kier alpha value is -0.810. The minimum Gasteiger partial charge on any atom is -0.444 e. The van der Waals surface area contributed by atoms with Crippen LogP contribution in [0.25, 0.3) is 0 Å². The van der Waals surface area contributed by atoms with Gasteiger partial charge in [0, 0.05) is 26.2 Å². The average Bonchev–Trinajstić information content (AvgIpc) is 2.65. The van der Waals surface area contributed by atoms with Gasteiger partial charge in [0.1, 0.15) is 5.60 Å². The molecule has 2 saturated heterocycles. The second-order valence-electron chi connectivity index (χ2n) is 5.84. The van der Waals surface area contributed by atoms with Crippen LogP contribution >= 0.6 is 0 Å². The lowest BCUT2D eigenvalue weighted by atomic mass is 9.94. The molecule has 2 aliphatic rings. The Morgan fingerprint density at radius 1 is 1.47 bits per heavy atom. The molecule has 98 valence electrons. The van der Waals surface area contributed by atoms with Crippen LogP contribution in [0.4, 0.5) is 4.79 Å². The van der Waals surface area contributed by atoms with E-state index in [1.165, 1.54) is 0 Å². The minimum atomic E-state index is -0.442. The molecule has 0 unspecified atom stereocenters. The predicted octanol–water partition coefficient (Wildman–Crippen LogP) is 0.986. The Kier molecular flexibility index (Phi) is 3.32. The highest BCUT2D eigenvalue weighted by Gasteiger charge is 2.46. The SMILES string of the molecule is CC(C)(C)OC(=O)N1CCNC[C@]12CCOC2. The fourth-order valence-electron chi connectivity index (χ4n) is 2.40. The van der Waals surface area contributed by atoms with Crippen LogP contribution in [0.5, 0.6) is 0 Å². The molecule has 0 aromatic heterocycles. The molecule has 2 rings (SSSR count). The van der Waals surface area contributed by atoms with Gasteiger partial charge in [-0.3, -0.25) is 4.90 Å². The molecule has 1 atom stereocenters. The quantitative estimate of drug-likeness (QED) is 0.688. The monoisotopic (exact) mass is 242 g/mol. The fourth-order valence-corrected chi connectivity index (χ4v) is 2.40. The Balaban J connectivity index is 2.08. The van der Waals surface area contributed by atoms with Crippen molar-refractivity contribution in [3.63, 3.8) is 0 Å². The van der Waals surface area contributed by atoms with Gasteiger partial charge in [0.05, 0.1) is 12.1 Å². The predicted molar refractivity (Wildman–Crippen MR) is 64.0 cm³/mol. The van der Waals surface area contributed by atoms with Crippen molar-refractivity contribution >= 4 is 6.09 Å². The molecular weight excluding hydrogens is 220 g/mol. The second-order valence-corrected chi connectivity index (χ2v) is 5.84. The number of nitrogens with zero attached hydrogens (tertiary/aromatic N) is 1. The second kappa shape index (κ2) is 4.46. The van der Waals surface area contributed by atoms with Crippen molar-refractivity contribution in [3.8, 4) is 0 Å². The first-order valence-electron chi connectivity index (χ1n) is 6.22. The Morgan fingerprint density at radius 3 is 2.82 bits per heavy atom. The molecule has 0 aromatic carbocycles. The molecule has 1 N–H and O–H groups in total. The number of hydrogen-bond acceptors (Lipinski definition) is 4. The summed E-state index contributed by atoms with van der Waals surface area (Å²) in [6.45, 7) is 9.33. The van der Waals surface area contributed by atoms with Gasteiger partial charge >= 0.3 is 6.09 Å². The van der Waals surface area contributed by atoms with E-state index >= 15 is 0 Å². The summed E-state index contributed by atoms with van der Waals surface area (Å²) < 4.78 is 10.9. The number of ether oxygens (including phenoxy) is 2. The van der Waals surface area contributed by atoms with Gasteiger partial charge in [-0.2, -0.15) is 0 Å². The number of hydrogen-bond donors (Lipinski definition) is 1. The average molecular weight is 242 g/mol. The maximum atomic E-state index is 12.2. The topological polar surface area (TPSA) is 50.8 Å². The van der Waals surface area contributed by atoms with E-state index in [1.54, 1.807) is 0 Å². The maximum absolute atomic E-state index is 12.2. The van der Waals surface area contributed by atoms with Crippen molar-refractivity contribution in [2.45, 2.75) is 38.3 Å². The molecule has 0 bridgehead atoms. The standard InChI is InChI=1S/C12H22N2O3/c1-11(2,3)17-10(15)14-6-5-13-8-12(14)4-7-16-9-12/h13H,4-9H2,1-3H3/t12-/m0/s1. The number of amides is 1. The first-order valence-corrected chi connectivity index (χ1v) is 6.22. The molecule has 5 nitrogen and oxygen atoms in total. The lowest BCUT2D eigenvalue weighted by molar-refractivity contribution is -0.0138. The molecule has 5 heteroatoms. The summed E-state index contributed by atoms with van der Waals surface area (Å²) in [5, 5.41) is 3.34. The van der Waals surface area contributed by atoms with Gasteiger partial charge in [-0.05, 0) is 27.2 Å². The molecule has 0 radical (unpaired) electrons. The van der Waals surface area contributed by atoms with Gasteiger partial charge in [0.2, 0.25) is 0 Å². The molecule has 2 aliphatic heterocycles. The number of piperazine rings is 1. The van der Waals surface area contributed by atoms with E-state index in [0.717, 1.165) is 26.1 Å². The number of rotatable bonds is 0. The summed E-state index contributed by atoms with van der Waals surface area (Å²) in [5.74, 6) is 0. The molecule has 2 heterocycles. The van der Waals surface area contributed by atoms with E-state index in [4.69, 9.17) is 9.47 Å². The maximum Gasteiger partial charge on any atom is 0.410 e. The van der Waals surface area contributed by atoms with Crippen molar-refractivity contribution in [2.24, 2.45) is 0 Å². The zero-order chi connectivity index (χ0) is 12.5. The number of carbonyl (C=O) groups excluding carboxylic acids is 1. The summed E-state index contributed by atoms with van der Waals surface area (Å²) >= 11 is 0. The Bertz CT molecular complexity index is 293. The Labute approximate surface area is 102 Å². The van der Waals surface area contributed by atoms with Gasteiger partial charge in [-0.1, -0.05) is 0 Å². The van der Waals surface area contributed by atoms with Gasteiger partial charge in [0.15, 0.2) is 0 Å². The highest BCUT2D eigenvalue weighted by atomic mass is 16.6. The minimum absolute atomic E-state index is 0.194. The molecular formula is C12H22N2O3. The van der Waals surface area contributed by atoms with Gasteiger partial charge in [-0.15, -0.1) is 0 Å². The van der Waals surface area contributed by atoms with Crippen LogP contribution in [0.15, 0.2) is 0 Å². The first-order chi connectivity index (χ1) is 7.93. The van der Waals surface area contributed by atoms with Crippen molar-refractivity contribution < 1.29 is 14.3 Å². The highest BCUT2D eigenvalue weighted by molar-refractivity contribution is 5.69. The third kappa shape index (κ3) is 2.72. The van der Waals surface area contributed by atoms with Crippen molar-refractivity contribution in [3.05, 3.63) is 0 Å². The van der Waals surface area contributed by atoms with Gasteiger partial charge < -0.3 is 14.8 Å². The lowest BCUT2D eigenvalue weighted by Crippen LogP contribution is -2.64.